The van der Waals surface area contributed by atoms with Crippen molar-refractivity contribution in [3.8, 4) is 5.69 Å². The van der Waals surface area contributed by atoms with Crippen LogP contribution >= 0.6 is 0 Å². The van der Waals surface area contributed by atoms with E-state index in [0.717, 1.165) is 17.8 Å². The largest absolute Gasteiger partial charge is 0.465 e. The van der Waals surface area contributed by atoms with Crippen molar-refractivity contribution < 1.29 is 27.5 Å². The SMILES string of the molecule is COC(=O)c1ccc(CO/N=C(\c2cccc(C(F)(F)F)c2)c2cnn(-c3ccccc3)c2)cc1. The summed E-state index contributed by atoms with van der Waals surface area (Å²) in [5, 5.41) is 8.49. The Labute approximate surface area is 199 Å². The minimum absolute atomic E-state index is 0.0384. The summed E-state index contributed by atoms with van der Waals surface area (Å²) in [5.41, 5.74) is 2.00. The van der Waals surface area contributed by atoms with Gasteiger partial charge >= 0.3 is 12.1 Å². The molecule has 0 atom stereocenters. The number of halogens is 3. The number of para-hydroxylation sites is 1. The highest BCUT2D eigenvalue weighted by atomic mass is 19.4. The molecule has 0 aliphatic heterocycles. The van der Waals surface area contributed by atoms with Gasteiger partial charge in [-0.1, -0.05) is 47.6 Å². The maximum Gasteiger partial charge on any atom is 0.416 e. The highest BCUT2D eigenvalue weighted by Crippen LogP contribution is 2.30. The zero-order valence-corrected chi connectivity index (χ0v) is 18.6. The third kappa shape index (κ3) is 5.75. The molecule has 6 nitrogen and oxygen atoms in total. The zero-order valence-electron chi connectivity index (χ0n) is 18.6. The number of carbonyl (C=O) groups excluding carboxylic acids is 1. The molecule has 0 unspecified atom stereocenters. The van der Waals surface area contributed by atoms with Crippen LogP contribution in [-0.4, -0.2) is 28.6 Å². The van der Waals surface area contributed by atoms with Crippen molar-refractivity contribution in [2.75, 3.05) is 7.11 Å². The van der Waals surface area contributed by atoms with Gasteiger partial charge in [-0.3, -0.25) is 0 Å². The van der Waals surface area contributed by atoms with Crippen molar-refractivity contribution in [3.63, 3.8) is 0 Å². The molecular weight excluding hydrogens is 459 g/mol. The molecule has 0 aliphatic rings. The van der Waals surface area contributed by atoms with Crippen LogP contribution in [0.3, 0.4) is 0 Å². The molecular formula is C26H20F3N3O3. The van der Waals surface area contributed by atoms with Crippen LogP contribution in [0.25, 0.3) is 5.69 Å². The molecule has 4 aromatic rings. The third-order valence-corrected chi connectivity index (χ3v) is 5.10. The molecule has 0 amide bonds. The molecule has 9 heteroatoms. The van der Waals surface area contributed by atoms with Gasteiger partial charge in [-0.25, -0.2) is 9.48 Å². The van der Waals surface area contributed by atoms with Gasteiger partial charge in [0.15, 0.2) is 0 Å². The second-order valence-corrected chi connectivity index (χ2v) is 7.49. The second-order valence-electron chi connectivity index (χ2n) is 7.49. The minimum atomic E-state index is -4.50. The summed E-state index contributed by atoms with van der Waals surface area (Å²) in [4.78, 5) is 17.1. The van der Waals surface area contributed by atoms with Gasteiger partial charge in [0, 0.05) is 17.3 Å². The van der Waals surface area contributed by atoms with Crippen molar-refractivity contribution in [3.05, 3.63) is 119 Å². The van der Waals surface area contributed by atoms with Crippen LogP contribution in [0.2, 0.25) is 0 Å². The van der Waals surface area contributed by atoms with Gasteiger partial charge in [-0.15, -0.1) is 0 Å². The number of benzene rings is 3. The van der Waals surface area contributed by atoms with E-state index in [4.69, 9.17) is 4.84 Å². The van der Waals surface area contributed by atoms with Gasteiger partial charge in [0.2, 0.25) is 0 Å². The van der Waals surface area contributed by atoms with Gasteiger partial charge in [0.05, 0.1) is 30.1 Å². The maximum atomic E-state index is 13.3. The Hall–Kier alpha value is -4.40. The van der Waals surface area contributed by atoms with E-state index in [9.17, 15) is 18.0 Å². The Balaban J connectivity index is 1.64. The summed E-state index contributed by atoms with van der Waals surface area (Å²) in [5.74, 6) is -0.460. The maximum absolute atomic E-state index is 13.3. The van der Waals surface area contributed by atoms with Crippen molar-refractivity contribution in [1.29, 1.82) is 0 Å². The van der Waals surface area contributed by atoms with E-state index < -0.39 is 17.7 Å². The van der Waals surface area contributed by atoms with Crippen molar-refractivity contribution in [1.82, 2.24) is 9.78 Å². The number of nitrogens with zero attached hydrogens (tertiary/aromatic N) is 3. The van der Waals surface area contributed by atoms with Crippen LogP contribution in [0.5, 0.6) is 0 Å². The molecule has 4 rings (SSSR count). The second kappa shape index (κ2) is 10.3. The molecule has 3 aromatic carbocycles. The number of hydrogen-bond donors (Lipinski definition) is 0. The summed E-state index contributed by atoms with van der Waals surface area (Å²) >= 11 is 0. The number of ether oxygens (including phenoxy) is 1. The summed E-state index contributed by atoms with van der Waals surface area (Å²) in [6, 6.07) is 20.7. The van der Waals surface area contributed by atoms with Gasteiger partial charge in [-0.2, -0.15) is 18.3 Å². The number of alkyl halides is 3. The molecule has 35 heavy (non-hydrogen) atoms. The number of carbonyl (C=O) groups is 1. The topological polar surface area (TPSA) is 65.7 Å². The first-order valence-electron chi connectivity index (χ1n) is 10.5. The van der Waals surface area contributed by atoms with Crippen LogP contribution < -0.4 is 0 Å². The van der Waals surface area contributed by atoms with E-state index in [1.54, 1.807) is 35.1 Å². The van der Waals surface area contributed by atoms with Crippen molar-refractivity contribution in [2.45, 2.75) is 12.8 Å². The number of oxime groups is 1. The molecule has 1 heterocycles. The van der Waals surface area contributed by atoms with Crippen LogP contribution in [0.4, 0.5) is 13.2 Å². The molecule has 0 radical (unpaired) electrons. The Morgan fingerprint density at radius 1 is 0.943 bits per heavy atom. The zero-order chi connectivity index (χ0) is 24.8. The molecule has 0 saturated carbocycles. The summed E-state index contributed by atoms with van der Waals surface area (Å²) in [7, 11) is 1.29. The lowest BCUT2D eigenvalue weighted by atomic mass is 10.0. The van der Waals surface area contributed by atoms with E-state index in [-0.39, 0.29) is 17.9 Å². The molecule has 1 aromatic heterocycles. The normalized spacial score (nSPS) is 11.8. The van der Waals surface area contributed by atoms with E-state index in [0.29, 0.717) is 16.7 Å². The molecule has 178 valence electrons. The predicted molar refractivity (Wildman–Crippen MR) is 123 cm³/mol. The Morgan fingerprint density at radius 3 is 2.37 bits per heavy atom. The predicted octanol–water partition coefficient (Wildman–Crippen LogP) is 5.65. The highest BCUT2D eigenvalue weighted by Gasteiger charge is 2.31. The molecule has 0 saturated heterocycles. The summed E-state index contributed by atoms with van der Waals surface area (Å²) in [6.07, 6.45) is -1.32. The van der Waals surface area contributed by atoms with Gasteiger partial charge in [-0.05, 0) is 42.0 Å². The summed E-state index contributed by atoms with van der Waals surface area (Å²) in [6.45, 7) is 0.0384. The molecule has 0 aliphatic carbocycles. The monoisotopic (exact) mass is 479 g/mol. The van der Waals surface area contributed by atoms with Crippen molar-refractivity contribution in [2.24, 2.45) is 5.16 Å². The number of rotatable bonds is 7. The van der Waals surface area contributed by atoms with E-state index in [2.05, 4.69) is 15.0 Å². The third-order valence-electron chi connectivity index (χ3n) is 5.10. The molecule has 0 N–H and O–H groups in total. The number of aromatic nitrogens is 2. The Morgan fingerprint density at radius 2 is 1.69 bits per heavy atom. The van der Waals surface area contributed by atoms with Gasteiger partial charge < -0.3 is 9.57 Å². The first kappa shape index (κ1) is 23.7. The standard InChI is InChI=1S/C26H20F3N3O3/c1-34-25(33)19-12-10-18(11-13-19)17-35-31-24(20-6-5-7-22(14-20)26(27,28)29)21-15-30-32(16-21)23-8-3-2-4-9-23/h2-16H,17H2,1H3/b31-24+. The van der Waals surface area contributed by atoms with Crippen LogP contribution in [-0.2, 0) is 22.4 Å². The van der Waals surface area contributed by atoms with Crippen molar-refractivity contribution >= 4 is 11.7 Å². The number of methoxy groups -OCH3 is 1. The first-order chi connectivity index (χ1) is 16.8. The quantitative estimate of drug-likeness (QED) is 0.195. The lowest BCUT2D eigenvalue weighted by Crippen LogP contribution is -2.09. The molecule has 0 spiro atoms. The fourth-order valence-electron chi connectivity index (χ4n) is 3.31. The van der Waals surface area contributed by atoms with Crippen LogP contribution in [0.15, 0.2) is 96.4 Å². The average molecular weight is 479 g/mol. The molecule has 0 fully saturated rings. The van der Waals surface area contributed by atoms with Crippen LogP contribution in [0, 0.1) is 0 Å². The fraction of sp³-hybridized carbons (Fsp3) is 0.115. The minimum Gasteiger partial charge on any atom is -0.465 e. The average Bonchev–Trinajstić information content (AvgIpc) is 3.36. The lowest BCUT2D eigenvalue weighted by Gasteiger charge is -2.10. The van der Waals surface area contributed by atoms with Gasteiger partial charge in [0.1, 0.15) is 12.3 Å². The highest BCUT2D eigenvalue weighted by molar-refractivity contribution is 6.12. The lowest BCUT2D eigenvalue weighted by molar-refractivity contribution is -0.137. The Kier molecular flexibility index (Phi) is 6.96. The summed E-state index contributed by atoms with van der Waals surface area (Å²) < 4.78 is 46.3. The fourth-order valence-corrected chi connectivity index (χ4v) is 3.31. The smallest absolute Gasteiger partial charge is 0.416 e. The first-order valence-corrected chi connectivity index (χ1v) is 10.5. The van der Waals surface area contributed by atoms with E-state index in [1.807, 2.05) is 30.3 Å². The number of hydrogen-bond acceptors (Lipinski definition) is 5. The molecule has 0 bridgehead atoms. The van der Waals surface area contributed by atoms with E-state index in [1.165, 1.54) is 25.4 Å². The number of esters is 1. The van der Waals surface area contributed by atoms with Crippen LogP contribution in [0.1, 0.15) is 32.6 Å². The Bertz CT molecular complexity index is 1330. The van der Waals surface area contributed by atoms with Gasteiger partial charge in [0.25, 0.3) is 0 Å². The van der Waals surface area contributed by atoms with E-state index >= 15 is 0 Å².